The Morgan fingerprint density at radius 3 is 2.60 bits per heavy atom. The van der Waals surface area contributed by atoms with Crippen LogP contribution in [-0.2, 0) is 0 Å². The van der Waals surface area contributed by atoms with Crippen LogP contribution in [0.15, 0.2) is 34.2 Å². The van der Waals surface area contributed by atoms with E-state index in [1.165, 1.54) is 0 Å². The van der Waals surface area contributed by atoms with Gasteiger partial charge in [0.1, 0.15) is 15.4 Å². The molecule has 0 radical (unpaired) electrons. The molecule has 0 aliphatic rings. The second-order valence-electron chi connectivity index (χ2n) is 2.93. The van der Waals surface area contributed by atoms with Gasteiger partial charge in [-0.05, 0) is 47.1 Å². The van der Waals surface area contributed by atoms with Crippen molar-refractivity contribution in [3.63, 3.8) is 0 Å². The van der Waals surface area contributed by atoms with Gasteiger partial charge in [-0.3, -0.25) is 0 Å². The Kier molecular flexibility index (Phi) is 3.38. The SMILES string of the molecule is CCOc1ccc(-c2nc(Br)cs2)cc1. The van der Waals surface area contributed by atoms with E-state index in [1.807, 2.05) is 36.6 Å². The van der Waals surface area contributed by atoms with Crippen molar-refractivity contribution in [2.24, 2.45) is 0 Å². The molecule has 15 heavy (non-hydrogen) atoms. The highest BCUT2D eigenvalue weighted by Crippen LogP contribution is 2.27. The third-order valence-corrected chi connectivity index (χ3v) is 3.49. The molecule has 0 amide bonds. The number of rotatable bonds is 3. The lowest BCUT2D eigenvalue weighted by molar-refractivity contribution is 0.340. The summed E-state index contributed by atoms with van der Waals surface area (Å²) < 4.78 is 6.26. The van der Waals surface area contributed by atoms with Gasteiger partial charge in [-0.15, -0.1) is 11.3 Å². The summed E-state index contributed by atoms with van der Waals surface area (Å²) in [5, 5.41) is 3.00. The molecule has 0 fully saturated rings. The summed E-state index contributed by atoms with van der Waals surface area (Å²) in [4.78, 5) is 4.35. The van der Waals surface area contributed by atoms with Crippen LogP contribution in [0.2, 0.25) is 0 Å². The van der Waals surface area contributed by atoms with Gasteiger partial charge in [0, 0.05) is 10.9 Å². The van der Waals surface area contributed by atoms with Gasteiger partial charge in [-0.1, -0.05) is 0 Å². The van der Waals surface area contributed by atoms with E-state index in [0.29, 0.717) is 6.61 Å². The maximum atomic E-state index is 5.38. The molecule has 2 nitrogen and oxygen atoms in total. The molecule has 1 aromatic carbocycles. The van der Waals surface area contributed by atoms with Crippen LogP contribution in [0, 0.1) is 0 Å². The Balaban J connectivity index is 2.23. The molecule has 1 heterocycles. The lowest BCUT2D eigenvalue weighted by Crippen LogP contribution is -1.90. The number of ether oxygens (including phenoxy) is 1. The molecule has 2 rings (SSSR count). The maximum absolute atomic E-state index is 5.38. The van der Waals surface area contributed by atoms with Crippen LogP contribution < -0.4 is 4.74 Å². The Hall–Kier alpha value is -0.870. The summed E-state index contributed by atoms with van der Waals surface area (Å²) in [6, 6.07) is 7.98. The van der Waals surface area contributed by atoms with E-state index in [2.05, 4.69) is 20.9 Å². The Morgan fingerprint density at radius 2 is 2.07 bits per heavy atom. The van der Waals surface area contributed by atoms with Gasteiger partial charge in [0.25, 0.3) is 0 Å². The van der Waals surface area contributed by atoms with Crippen molar-refractivity contribution >= 4 is 27.3 Å². The van der Waals surface area contributed by atoms with Crippen LogP contribution >= 0.6 is 27.3 Å². The molecule has 1 aromatic heterocycles. The first-order valence-electron chi connectivity index (χ1n) is 4.64. The molecule has 0 aliphatic carbocycles. The lowest BCUT2D eigenvalue weighted by Gasteiger charge is -2.02. The predicted molar refractivity (Wildman–Crippen MR) is 66.4 cm³/mol. The Morgan fingerprint density at radius 1 is 1.33 bits per heavy atom. The molecular weight excluding hydrogens is 274 g/mol. The van der Waals surface area contributed by atoms with E-state index in [9.17, 15) is 0 Å². The summed E-state index contributed by atoms with van der Waals surface area (Å²) in [7, 11) is 0. The Labute approximate surface area is 101 Å². The van der Waals surface area contributed by atoms with Crippen molar-refractivity contribution in [3.05, 3.63) is 34.2 Å². The van der Waals surface area contributed by atoms with Crippen LogP contribution in [-0.4, -0.2) is 11.6 Å². The molecule has 0 spiro atoms. The zero-order chi connectivity index (χ0) is 10.7. The molecule has 0 unspecified atom stereocenters. The van der Waals surface area contributed by atoms with Crippen molar-refractivity contribution in [2.45, 2.75) is 6.92 Å². The molecule has 0 saturated heterocycles. The molecule has 2 aromatic rings. The van der Waals surface area contributed by atoms with Crippen molar-refractivity contribution < 1.29 is 4.74 Å². The van der Waals surface area contributed by atoms with E-state index in [1.54, 1.807) is 11.3 Å². The van der Waals surface area contributed by atoms with Gasteiger partial charge in [0.15, 0.2) is 0 Å². The number of hydrogen-bond donors (Lipinski definition) is 0. The van der Waals surface area contributed by atoms with Gasteiger partial charge in [-0.2, -0.15) is 0 Å². The minimum absolute atomic E-state index is 0.697. The summed E-state index contributed by atoms with van der Waals surface area (Å²) >= 11 is 4.97. The minimum Gasteiger partial charge on any atom is -0.494 e. The van der Waals surface area contributed by atoms with E-state index in [4.69, 9.17) is 4.74 Å². The normalized spacial score (nSPS) is 10.3. The van der Waals surface area contributed by atoms with Crippen molar-refractivity contribution in [3.8, 4) is 16.3 Å². The predicted octanol–water partition coefficient (Wildman–Crippen LogP) is 3.97. The second-order valence-corrected chi connectivity index (χ2v) is 4.60. The Bertz CT molecular complexity index is 438. The number of thiazole rings is 1. The van der Waals surface area contributed by atoms with E-state index >= 15 is 0 Å². The third-order valence-electron chi connectivity index (χ3n) is 1.89. The summed E-state index contributed by atoms with van der Waals surface area (Å²) in [5.74, 6) is 0.900. The van der Waals surface area contributed by atoms with Crippen LogP contribution in [0.4, 0.5) is 0 Å². The van der Waals surface area contributed by atoms with Crippen molar-refractivity contribution in [2.75, 3.05) is 6.61 Å². The quantitative estimate of drug-likeness (QED) is 0.850. The molecule has 0 N–H and O–H groups in total. The van der Waals surface area contributed by atoms with Crippen LogP contribution in [0.25, 0.3) is 10.6 Å². The fourth-order valence-corrected chi connectivity index (χ4v) is 2.51. The summed E-state index contributed by atoms with van der Waals surface area (Å²) in [5.41, 5.74) is 1.12. The highest BCUT2D eigenvalue weighted by atomic mass is 79.9. The smallest absolute Gasteiger partial charge is 0.124 e. The number of aromatic nitrogens is 1. The highest BCUT2D eigenvalue weighted by molar-refractivity contribution is 9.10. The van der Waals surface area contributed by atoms with Crippen LogP contribution in [0.1, 0.15) is 6.92 Å². The molecule has 0 aliphatic heterocycles. The first-order valence-corrected chi connectivity index (χ1v) is 6.31. The fraction of sp³-hybridized carbons (Fsp3) is 0.182. The zero-order valence-electron chi connectivity index (χ0n) is 8.24. The summed E-state index contributed by atoms with van der Waals surface area (Å²) in [6.07, 6.45) is 0. The zero-order valence-corrected chi connectivity index (χ0v) is 10.6. The largest absolute Gasteiger partial charge is 0.494 e. The van der Waals surface area contributed by atoms with Crippen molar-refractivity contribution in [1.29, 1.82) is 0 Å². The molecule has 4 heteroatoms. The van der Waals surface area contributed by atoms with Crippen LogP contribution in [0.5, 0.6) is 5.75 Å². The maximum Gasteiger partial charge on any atom is 0.124 e. The molecule has 0 atom stereocenters. The number of halogens is 1. The van der Waals surface area contributed by atoms with Gasteiger partial charge in [0.05, 0.1) is 6.61 Å². The standard InChI is InChI=1S/C11H10BrNOS/c1-2-14-9-5-3-8(4-6-9)11-13-10(12)7-15-11/h3-7H,2H2,1H3. The second kappa shape index (κ2) is 4.77. The lowest BCUT2D eigenvalue weighted by atomic mass is 10.2. The highest BCUT2D eigenvalue weighted by Gasteiger charge is 2.02. The van der Waals surface area contributed by atoms with Gasteiger partial charge in [-0.25, -0.2) is 4.98 Å². The topological polar surface area (TPSA) is 22.1 Å². The van der Waals surface area contributed by atoms with Gasteiger partial charge in [0.2, 0.25) is 0 Å². The van der Waals surface area contributed by atoms with E-state index < -0.39 is 0 Å². The van der Waals surface area contributed by atoms with Gasteiger partial charge >= 0.3 is 0 Å². The van der Waals surface area contributed by atoms with Crippen molar-refractivity contribution in [1.82, 2.24) is 4.98 Å². The number of nitrogens with zero attached hydrogens (tertiary/aromatic N) is 1. The number of hydrogen-bond acceptors (Lipinski definition) is 3. The monoisotopic (exact) mass is 283 g/mol. The molecule has 78 valence electrons. The number of benzene rings is 1. The first-order chi connectivity index (χ1) is 7.29. The minimum atomic E-state index is 0.697. The van der Waals surface area contributed by atoms with Gasteiger partial charge < -0.3 is 4.74 Å². The molecular formula is C11H10BrNOS. The summed E-state index contributed by atoms with van der Waals surface area (Å²) in [6.45, 7) is 2.67. The van der Waals surface area contributed by atoms with E-state index in [0.717, 1.165) is 20.9 Å². The molecule has 0 saturated carbocycles. The average Bonchev–Trinajstić information content (AvgIpc) is 2.67. The first kappa shape index (κ1) is 10.6. The fourth-order valence-electron chi connectivity index (χ4n) is 1.25. The van der Waals surface area contributed by atoms with Crippen LogP contribution in [0.3, 0.4) is 0 Å². The van der Waals surface area contributed by atoms with E-state index in [-0.39, 0.29) is 0 Å². The third kappa shape index (κ3) is 2.58. The average molecular weight is 284 g/mol. The molecule has 0 bridgehead atoms.